The van der Waals surface area contributed by atoms with E-state index in [1.54, 1.807) is 0 Å². The molecule has 0 aromatic rings. The fourth-order valence-electron chi connectivity index (χ4n) is 2.52. The minimum atomic E-state index is 1.05. The molecule has 0 atom stereocenters. The molecule has 100 valence electrons. The summed E-state index contributed by atoms with van der Waals surface area (Å²) in [5.74, 6) is 0. The molecule has 0 radical (unpaired) electrons. The van der Waals surface area contributed by atoms with E-state index in [2.05, 4.69) is 40.7 Å². The molecule has 2 rings (SSSR count). The molecule has 0 amide bonds. The highest BCUT2D eigenvalue weighted by molar-refractivity contribution is 5.35. The van der Waals surface area contributed by atoms with Gasteiger partial charge in [0.2, 0.25) is 0 Å². The summed E-state index contributed by atoms with van der Waals surface area (Å²) in [6, 6.07) is 0. The first-order chi connectivity index (χ1) is 8.81. The molecule has 0 aromatic heterocycles. The lowest BCUT2D eigenvalue weighted by molar-refractivity contribution is 0.304. The molecule has 0 spiro atoms. The third-order valence-corrected chi connectivity index (χ3v) is 3.68. The SMILES string of the molecule is CNCCC1=CCC(C)=C(N2CCNCC2)C=C1. The minimum absolute atomic E-state index is 1.05. The average Bonchev–Trinajstić information content (AvgIpc) is 2.60. The van der Waals surface area contributed by atoms with Crippen LogP contribution in [0.5, 0.6) is 0 Å². The Morgan fingerprint density at radius 1 is 1.28 bits per heavy atom. The third kappa shape index (κ3) is 3.47. The lowest BCUT2D eigenvalue weighted by atomic mass is 10.1. The minimum Gasteiger partial charge on any atom is -0.369 e. The number of nitrogens with zero attached hydrogens (tertiary/aromatic N) is 1. The summed E-state index contributed by atoms with van der Waals surface area (Å²) in [5.41, 5.74) is 4.38. The van der Waals surface area contributed by atoms with Gasteiger partial charge in [-0.05, 0) is 45.0 Å². The smallest absolute Gasteiger partial charge is 0.0359 e. The second-order valence-corrected chi connectivity index (χ2v) is 5.07. The summed E-state index contributed by atoms with van der Waals surface area (Å²) >= 11 is 0. The van der Waals surface area contributed by atoms with Crippen molar-refractivity contribution in [2.75, 3.05) is 39.8 Å². The molecular formula is C15H25N3. The van der Waals surface area contributed by atoms with Crippen LogP contribution in [-0.2, 0) is 0 Å². The summed E-state index contributed by atoms with van der Waals surface area (Å²) in [6.07, 6.45) is 9.19. The van der Waals surface area contributed by atoms with Crippen molar-refractivity contribution in [2.45, 2.75) is 19.8 Å². The Morgan fingerprint density at radius 3 is 2.78 bits per heavy atom. The van der Waals surface area contributed by atoms with Gasteiger partial charge >= 0.3 is 0 Å². The van der Waals surface area contributed by atoms with Crippen molar-refractivity contribution in [2.24, 2.45) is 0 Å². The van der Waals surface area contributed by atoms with E-state index in [0.717, 1.165) is 45.6 Å². The van der Waals surface area contributed by atoms with Gasteiger partial charge < -0.3 is 15.5 Å². The van der Waals surface area contributed by atoms with Crippen LogP contribution < -0.4 is 10.6 Å². The Hall–Kier alpha value is -1.06. The van der Waals surface area contributed by atoms with E-state index in [4.69, 9.17) is 0 Å². The van der Waals surface area contributed by atoms with E-state index in [1.807, 2.05) is 7.05 Å². The summed E-state index contributed by atoms with van der Waals surface area (Å²) in [6.45, 7) is 7.78. The van der Waals surface area contributed by atoms with Gasteiger partial charge in [-0.15, -0.1) is 0 Å². The molecule has 0 unspecified atom stereocenters. The van der Waals surface area contributed by atoms with Gasteiger partial charge in [0.25, 0.3) is 0 Å². The van der Waals surface area contributed by atoms with Crippen LogP contribution in [0.2, 0.25) is 0 Å². The van der Waals surface area contributed by atoms with E-state index in [9.17, 15) is 0 Å². The van der Waals surface area contributed by atoms with Crippen molar-refractivity contribution in [3.05, 3.63) is 35.1 Å². The molecule has 3 heteroatoms. The predicted molar refractivity (Wildman–Crippen MR) is 77.5 cm³/mol. The Bertz CT molecular complexity index is 360. The van der Waals surface area contributed by atoms with Gasteiger partial charge in [-0.1, -0.05) is 17.7 Å². The van der Waals surface area contributed by atoms with Crippen LogP contribution in [0.3, 0.4) is 0 Å². The van der Waals surface area contributed by atoms with Crippen molar-refractivity contribution in [1.82, 2.24) is 15.5 Å². The van der Waals surface area contributed by atoms with Gasteiger partial charge in [0.1, 0.15) is 0 Å². The number of piperazine rings is 1. The molecular weight excluding hydrogens is 222 g/mol. The highest BCUT2D eigenvalue weighted by Crippen LogP contribution is 2.22. The van der Waals surface area contributed by atoms with Crippen LogP contribution in [0.1, 0.15) is 19.8 Å². The molecule has 2 aliphatic rings. The van der Waals surface area contributed by atoms with E-state index in [1.165, 1.54) is 16.8 Å². The van der Waals surface area contributed by atoms with Gasteiger partial charge in [0.15, 0.2) is 0 Å². The molecule has 1 aliphatic heterocycles. The Balaban J connectivity index is 2.03. The Kier molecular flexibility index (Phi) is 5.02. The number of hydrogen-bond acceptors (Lipinski definition) is 3. The fraction of sp³-hybridized carbons (Fsp3) is 0.600. The van der Waals surface area contributed by atoms with Crippen molar-refractivity contribution in [3.63, 3.8) is 0 Å². The highest BCUT2D eigenvalue weighted by Gasteiger charge is 2.14. The van der Waals surface area contributed by atoms with Crippen LogP contribution in [0.4, 0.5) is 0 Å². The summed E-state index contributed by atoms with van der Waals surface area (Å²) in [5, 5.41) is 6.63. The molecule has 18 heavy (non-hydrogen) atoms. The number of allylic oxidation sites excluding steroid dienone is 4. The molecule has 0 aromatic carbocycles. The van der Waals surface area contributed by atoms with Gasteiger partial charge in [0, 0.05) is 31.9 Å². The molecule has 1 aliphatic carbocycles. The van der Waals surface area contributed by atoms with Gasteiger partial charge in [-0.3, -0.25) is 0 Å². The molecule has 2 N–H and O–H groups in total. The first-order valence-electron chi connectivity index (χ1n) is 6.98. The normalized spacial score (nSPS) is 21.0. The lowest BCUT2D eigenvalue weighted by Crippen LogP contribution is -2.42. The summed E-state index contributed by atoms with van der Waals surface area (Å²) in [4.78, 5) is 2.51. The Labute approximate surface area is 111 Å². The van der Waals surface area contributed by atoms with Crippen LogP contribution in [0.15, 0.2) is 35.1 Å². The van der Waals surface area contributed by atoms with Gasteiger partial charge in [0.05, 0.1) is 0 Å². The molecule has 1 fully saturated rings. The maximum absolute atomic E-state index is 3.41. The maximum Gasteiger partial charge on any atom is 0.0359 e. The largest absolute Gasteiger partial charge is 0.369 e. The quantitative estimate of drug-likeness (QED) is 0.791. The second kappa shape index (κ2) is 6.76. The third-order valence-electron chi connectivity index (χ3n) is 3.68. The Morgan fingerprint density at radius 2 is 2.06 bits per heavy atom. The topological polar surface area (TPSA) is 27.3 Å². The van der Waals surface area contributed by atoms with Gasteiger partial charge in [-0.2, -0.15) is 0 Å². The lowest BCUT2D eigenvalue weighted by Gasteiger charge is -2.31. The maximum atomic E-state index is 3.41. The second-order valence-electron chi connectivity index (χ2n) is 5.07. The van der Waals surface area contributed by atoms with Crippen LogP contribution in [0.25, 0.3) is 0 Å². The predicted octanol–water partition coefficient (Wildman–Crippen LogP) is 1.66. The molecule has 0 bridgehead atoms. The van der Waals surface area contributed by atoms with E-state index < -0.39 is 0 Å². The van der Waals surface area contributed by atoms with E-state index in [0.29, 0.717) is 0 Å². The average molecular weight is 247 g/mol. The van der Waals surface area contributed by atoms with Gasteiger partial charge in [-0.25, -0.2) is 0 Å². The zero-order valence-electron chi connectivity index (χ0n) is 11.6. The van der Waals surface area contributed by atoms with Crippen LogP contribution >= 0.6 is 0 Å². The zero-order chi connectivity index (χ0) is 12.8. The van der Waals surface area contributed by atoms with Crippen molar-refractivity contribution >= 4 is 0 Å². The molecule has 0 saturated carbocycles. The molecule has 1 heterocycles. The summed E-state index contributed by atoms with van der Waals surface area (Å²) < 4.78 is 0. The van der Waals surface area contributed by atoms with Crippen molar-refractivity contribution < 1.29 is 0 Å². The summed E-state index contributed by atoms with van der Waals surface area (Å²) in [7, 11) is 2.01. The van der Waals surface area contributed by atoms with Crippen molar-refractivity contribution in [1.29, 1.82) is 0 Å². The molecule has 1 saturated heterocycles. The highest BCUT2D eigenvalue weighted by atomic mass is 15.2. The number of rotatable bonds is 4. The first-order valence-corrected chi connectivity index (χ1v) is 6.98. The van der Waals surface area contributed by atoms with E-state index in [-0.39, 0.29) is 0 Å². The van der Waals surface area contributed by atoms with Crippen LogP contribution in [0, 0.1) is 0 Å². The number of nitrogens with one attached hydrogen (secondary N) is 2. The number of hydrogen-bond donors (Lipinski definition) is 2. The monoisotopic (exact) mass is 247 g/mol. The van der Waals surface area contributed by atoms with E-state index >= 15 is 0 Å². The standard InChI is InChI=1S/C15H25N3/c1-13-3-4-14(7-8-16-2)5-6-15(13)18-11-9-17-10-12-18/h4-6,16-17H,3,7-12H2,1-2H3. The van der Waals surface area contributed by atoms with Crippen molar-refractivity contribution in [3.8, 4) is 0 Å². The molecule has 3 nitrogen and oxygen atoms in total. The zero-order valence-corrected chi connectivity index (χ0v) is 11.6. The fourth-order valence-corrected chi connectivity index (χ4v) is 2.52. The van der Waals surface area contributed by atoms with Crippen LogP contribution in [-0.4, -0.2) is 44.7 Å². The first kappa shape index (κ1) is 13.4.